The van der Waals surface area contributed by atoms with Crippen LogP contribution in [0.25, 0.3) is 11.3 Å². The number of rotatable bonds is 6. The number of nitrogens with one attached hydrogen (secondary N) is 3. The van der Waals surface area contributed by atoms with Crippen LogP contribution in [0.4, 0.5) is 5.82 Å². The molecule has 4 heterocycles. The zero-order valence-electron chi connectivity index (χ0n) is 22.1. The molecule has 200 valence electrons. The highest BCUT2D eigenvalue weighted by Gasteiger charge is 2.34. The number of hydrogen-bond acceptors (Lipinski definition) is 5. The first kappa shape index (κ1) is 24.8. The van der Waals surface area contributed by atoms with E-state index in [-0.39, 0.29) is 23.8 Å². The van der Waals surface area contributed by atoms with Crippen molar-refractivity contribution in [2.75, 3.05) is 11.9 Å². The SMILES string of the molecule is CCCC1CCC(C(=O)Nc2cc(C3CCCCN3C(=O)c3[nH]nc4c3CCc3ncccc3-4)[nH]n2)CC1. The molecule has 0 spiro atoms. The molecule has 3 aromatic heterocycles. The molecule has 1 saturated carbocycles. The van der Waals surface area contributed by atoms with Gasteiger partial charge >= 0.3 is 0 Å². The lowest BCUT2D eigenvalue weighted by Gasteiger charge is -2.35. The number of likely N-dealkylation sites (tertiary alicyclic amines) is 1. The largest absolute Gasteiger partial charge is 0.329 e. The Hall–Kier alpha value is -3.49. The summed E-state index contributed by atoms with van der Waals surface area (Å²) in [5.74, 6) is 1.40. The lowest BCUT2D eigenvalue weighted by molar-refractivity contribution is -0.121. The standard InChI is InChI=1S/C29H37N7O2/c1-2-6-18-9-11-19(12-10-18)28(37)31-25-17-23(32-33-25)24-8-3-4-16-36(24)29(38)27-21-13-14-22-20(7-5-15-30-22)26(21)34-35-27/h5,7,15,17-19,24H,2-4,6,8-14,16H2,1H3,(H,34,35)(H2,31,32,33,37). The number of anilines is 1. The smallest absolute Gasteiger partial charge is 0.272 e. The van der Waals surface area contributed by atoms with Crippen LogP contribution in [0.1, 0.15) is 98.2 Å². The van der Waals surface area contributed by atoms with Crippen molar-refractivity contribution in [2.24, 2.45) is 11.8 Å². The van der Waals surface area contributed by atoms with Crippen molar-refractivity contribution in [1.82, 2.24) is 30.3 Å². The Morgan fingerprint density at radius 2 is 1.95 bits per heavy atom. The Morgan fingerprint density at radius 3 is 2.79 bits per heavy atom. The summed E-state index contributed by atoms with van der Waals surface area (Å²) in [6.45, 7) is 2.91. The Kier molecular flexibility index (Phi) is 7.00. The normalized spacial score (nSPS) is 23.0. The third kappa shape index (κ3) is 4.74. The molecule has 38 heavy (non-hydrogen) atoms. The highest BCUT2D eigenvalue weighted by molar-refractivity contribution is 5.96. The van der Waals surface area contributed by atoms with E-state index in [4.69, 9.17) is 0 Å². The molecule has 0 bridgehead atoms. The van der Waals surface area contributed by atoms with Crippen molar-refractivity contribution < 1.29 is 9.59 Å². The van der Waals surface area contributed by atoms with Crippen LogP contribution >= 0.6 is 0 Å². The first-order chi connectivity index (χ1) is 18.6. The second-order valence-corrected chi connectivity index (χ2v) is 11.1. The predicted molar refractivity (Wildman–Crippen MR) is 144 cm³/mol. The fraction of sp³-hybridized carbons (Fsp3) is 0.552. The molecule has 1 saturated heterocycles. The number of aryl methyl sites for hydroxylation is 1. The molecule has 0 radical (unpaired) electrons. The Bertz CT molecular complexity index is 1300. The van der Waals surface area contributed by atoms with Gasteiger partial charge in [0.05, 0.1) is 23.1 Å². The van der Waals surface area contributed by atoms with E-state index >= 15 is 0 Å². The predicted octanol–water partition coefficient (Wildman–Crippen LogP) is 5.21. The van der Waals surface area contributed by atoms with Gasteiger partial charge in [-0.25, -0.2) is 0 Å². The summed E-state index contributed by atoms with van der Waals surface area (Å²) in [4.78, 5) is 33.2. The van der Waals surface area contributed by atoms with E-state index in [1.807, 2.05) is 23.1 Å². The number of aromatic nitrogens is 5. The maximum atomic E-state index is 13.8. The van der Waals surface area contributed by atoms with E-state index in [0.717, 1.165) is 91.9 Å². The van der Waals surface area contributed by atoms with Crippen molar-refractivity contribution >= 4 is 17.6 Å². The molecule has 2 fully saturated rings. The zero-order chi connectivity index (χ0) is 26.1. The van der Waals surface area contributed by atoms with Crippen molar-refractivity contribution in [3.8, 4) is 11.3 Å². The third-order valence-electron chi connectivity index (χ3n) is 8.72. The van der Waals surface area contributed by atoms with Crippen LogP contribution in [0, 0.1) is 11.8 Å². The molecular weight excluding hydrogens is 478 g/mol. The second-order valence-electron chi connectivity index (χ2n) is 11.1. The van der Waals surface area contributed by atoms with E-state index in [2.05, 4.69) is 37.6 Å². The maximum absolute atomic E-state index is 13.8. The summed E-state index contributed by atoms with van der Waals surface area (Å²) in [7, 11) is 0. The Labute approximate surface area is 223 Å². The van der Waals surface area contributed by atoms with E-state index in [0.29, 0.717) is 18.1 Å². The summed E-state index contributed by atoms with van der Waals surface area (Å²) in [5.41, 5.74) is 5.29. The molecule has 1 aliphatic heterocycles. The van der Waals surface area contributed by atoms with Crippen LogP contribution in [-0.2, 0) is 17.6 Å². The lowest BCUT2D eigenvalue weighted by atomic mass is 9.80. The van der Waals surface area contributed by atoms with Gasteiger partial charge in [0, 0.05) is 35.9 Å². The number of pyridine rings is 1. The third-order valence-corrected chi connectivity index (χ3v) is 8.72. The Morgan fingerprint density at radius 1 is 1.08 bits per heavy atom. The van der Waals surface area contributed by atoms with E-state index in [1.165, 1.54) is 12.8 Å². The summed E-state index contributed by atoms with van der Waals surface area (Å²) < 4.78 is 0. The maximum Gasteiger partial charge on any atom is 0.272 e. The minimum absolute atomic E-state index is 0.0279. The summed E-state index contributed by atoms with van der Waals surface area (Å²) >= 11 is 0. The molecule has 3 N–H and O–H groups in total. The number of amides is 2. The Balaban J connectivity index is 1.15. The fourth-order valence-corrected chi connectivity index (χ4v) is 6.67. The van der Waals surface area contributed by atoms with Crippen LogP contribution < -0.4 is 5.32 Å². The molecular formula is C29H37N7O2. The van der Waals surface area contributed by atoms with Crippen LogP contribution in [0.15, 0.2) is 24.4 Å². The number of hydrogen-bond donors (Lipinski definition) is 3. The first-order valence-electron chi connectivity index (χ1n) is 14.3. The number of piperidine rings is 1. The number of fused-ring (bicyclic) bond motifs is 3. The molecule has 2 amide bonds. The summed E-state index contributed by atoms with van der Waals surface area (Å²) in [6, 6.07) is 5.73. The van der Waals surface area contributed by atoms with Crippen molar-refractivity contribution in [1.29, 1.82) is 0 Å². The molecule has 6 rings (SSSR count). The zero-order valence-corrected chi connectivity index (χ0v) is 22.1. The van der Waals surface area contributed by atoms with Gasteiger partial charge in [-0.2, -0.15) is 10.2 Å². The molecule has 9 heteroatoms. The number of aromatic amines is 2. The fourth-order valence-electron chi connectivity index (χ4n) is 6.67. The molecule has 1 atom stereocenters. The monoisotopic (exact) mass is 515 g/mol. The van der Waals surface area contributed by atoms with Gasteiger partial charge < -0.3 is 10.2 Å². The molecule has 2 aliphatic carbocycles. The molecule has 3 aliphatic rings. The van der Waals surface area contributed by atoms with E-state index < -0.39 is 0 Å². The second kappa shape index (κ2) is 10.7. The van der Waals surface area contributed by atoms with Gasteiger partial charge in [-0.1, -0.05) is 19.8 Å². The van der Waals surface area contributed by atoms with Crippen LogP contribution in [0.2, 0.25) is 0 Å². The van der Waals surface area contributed by atoms with Crippen molar-refractivity contribution in [3.63, 3.8) is 0 Å². The summed E-state index contributed by atoms with van der Waals surface area (Å²) in [6.07, 6.45) is 12.9. The van der Waals surface area contributed by atoms with E-state index in [9.17, 15) is 9.59 Å². The van der Waals surface area contributed by atoms with Gasteiger partial charge in [0.1, 0.15) is 5.69 Å². The van der Waals surface area contributed by atoms with Crippen LogP contribution in [0.3, 0.4) is 0 Å². The van der Waals surface area contributed by atoms with Gasteiger partial charge in [0.15, 0.2) is 5.82 Å². The van der Waals surface area contributed by atoms with Crippen LogP contribution in [0.5, 0.6) is 0 Å². The molecule has 3 aromatic rings. The van der Waals surface area contributed by atoms with Crippen molar-refractivity contribution in [2.45, 2.75) is 83.6 Å². The highest BCUT2D eigenvalue weighted by Crippen LogP contribution is 2.36. The van der Waals surface area contributed by atoms with Crippen LogP contribution in [-0.4, -0.2) is 48.6 Å². The average molecular weight is 516 g/mol. The summed E-state index contributed by atoms with van der Waals surface area (Å²) in [5, 5.41) is 18.1. The molecule has 1 unspecified atom stereocenters. The quantitative estimate of drug-likeness (QED) is 0.416. The molecule has 9 nitrogen and oxygen atoms in total. The minimum Gasteiger partial charge on any atom is -0.329 e. The topological polar surface area (TPSA) is 120 Å². The van der Waals surface area contributed by atoms with Gasteiger partial charge in [-0.05, 0) is 75.8 Å². The number of nitrogens with zero attached hydrogens (tertiary/aromatic N) is 4. The number of carbonyl (C=O) groups is 2. The number of carbonyl (C=O) groups excluding carboxylic acids is 2. The van der Waals surface area contributed by atoms with Gasteiger partial charge in [0.25, 0.3) is 5.91 Å². The van der Waals surface area contributed by atoms with Gasteiger partial charge in [0.2, 0.25) is 5.91 Å². The average Bonchev–Trinajstić information content (AvgIpc) is 3.61. The first-order valence-corrected chi connectivity index (χ1v) is 14.3. The molecule has 0 aromatic carbocycles. The minimum atomic E-state index is -0.115. The van der Waals surface area contributed by atoms with E-state index in [1.54, 1.807) is 6.20 Å². The highest BCUT2D eigenvalue weighted by atomic mass is 16.2. The van der Waals surface area contributed by atoms with Gasteiger partial charge in [-0.3, -0.25) is 24.8 Å². The lowest BCUT2D eigenvalue weighted by Crippen LogP contribution is -2.39. The van der Waals surface area contributed by atoms with Gasteiger partial charge in [-0.15, -0.1) is 0 Å². The number of H-pyrrole nitrogens is 2. The van der Waals surface area contributed by atoms with Crippen molar-refractivity contribution in [3.05, 3.63) is 47.0 Å².